The van der Waals surface area contributed by atoms with E-state index in [1.54, 1.807) is 18.2 Å². The Morgan fingerprint density at radius 3 is 1.31 bits per heavy atom. The Morgan fingerprint density at radius 1 is 0.525 bits per heavy atom. The van der Waals surface area contributed by atoms with Crippen LogP contribution in [0.15, 0.2) is 103 Å². The monoisotopic (exact) mass is 942 g/mol. The van der Waals surface area contributed by atoms with Crippen molar-refractivity contribution in [3.05, 3.63) is 143 Å². The van der Waals surface area contributed by atoms with Crippen LogP contribution in [0.5, 0.6) is 0 Å². The maximum atomic E-state index is 14.2. The van der Waals surface area contributed by atoms with E-state index in [0.29, 0.717) is 47.1 Å². The van der Waals surface area contributed by atoms with Gasteiger partial charge in [0.2, 0.25) is 0 Å². The van der Waals surface area contributed by atoms with Gasteiger partial charge in [-0.05, 0) is 114 Å². The van der Waals surface area contributed by atoms with Gasteiger partial charge in [-0.2, -0.15) is 52.7 Å². The van der Waals surface area contributed by atoms with Gasteiger partial charge in [-0.15, -0.1) is 0 Å². The van der Waals surface area contributed by atoms with Crippen LogP contribution in [0.1, 0.15) is 98.9 Å². The Balaban J connectivity index is 0.00000109. The number of rotatable bonds is 8. The molecule has 4 aliphatic rings. The van der Waals surface area contributed by atoms with E-state index in [4.69, 9.17) is 0 Å². The third-order valence-corrected chi connectivity index (χ3v) is 17.6. The van der Waals surface area contributed by atoms with Gasteiger partial charge in [0.25, 0.3) is 0 Å². The number of halogens is 12. The van der Waals surface area contributed by atoms with Crippen molar-refractivity contribution < 1.29 is 69.8 Å². The molecule has 0 unspecified atom stereocenters. The smallest absolute Gasteiger partial charge is 0.166 e. The minimum Gasteiger partial charge on any atom is -0.166 e. The summed E-state index contributed by atoms with van der Waals surface area (Å²) in [5.41, 5.74) is -5.62. The van der Waals surface area contributed by atoms with Crippen molar-refractivity contribution in [2.45, 2.75) is 113 Å². The number of allylic oxidation sites excluding steroid dienone is 8. The minimum atomic E-state index is -5.30. The molecule has 4 aliphatic carbocycles. The second-order valence-electron chi connectivity index (χ2n) is 15.4. The van der Waals surface area contributed by atoms with Gasteiger partial charge < -0.3 is 0 Å². The largest absolute Gasteiger partial charge is 0.416 e. The Kier molecular flexibility index (Phi) is 16.4. The summed E-state index contributed by atoms with van der Waals surface area (Å²) in [6.07, 6.45) is 4.85. The van der Waals surface area contributed by atoms with Crippen LogP contribution in [-0.4, -0.2) is 17.0 Å². The van der Waals surface area contributed by atoms with E-state index >= 15 is 0 Å². The summed E-state index contributed by atoms with van der Waals surface area (Å²) in [6.45, 7) is 1.46. The molecule has 0 aliphatic heterocycles. The Hall–Kier alpha value is -2.84. The van der Waals surface area contributed by atoms with Crippen molar-refractivity contribution in [2.24, 2.45) is 0 Å². The van der Waals surface area contributed by atoms with Gasteiger partial charge in [0, 0.05) is 29.4 Å². The zero-order valence-electron chi connectivity index (χ0n) is 33.0. The maximum Gasteiger partial charge on any atom is 0.416 e. The van der Waals surface area contributed by atoms with Crippen LogP contribution < -0.4 is 15.9 Å². The van der Waals surface area contributed by atoms with E-state index in [0.717, 1.165) is 75.1 Å². The third kappa shape index (κ3) is 12.2. The van der Waals surface area contributed by atoms with Crippen molar-refractivity contribution in [1.29, 1.82) is 0 Å². The predicted molar refractivity (Wildman–Crippen MR) is 218 cm³/mol. The minimum absolute atomic E-state index is 0. The van der Waals surface area contributed by atoms with E-state index in [2.05, 4.69) is 6.07 Å². The normalized spacial score (nSPS) is 18.6. The van der Waals surface area contributed by atoms with Gasteiger partial charge in [0.1, 0.15) is 0 Å². The van der Waals surface area contributed by atoms with Gasteiger partial charge in [-0.1, -0.05) is 120 Å². The zero-order chi connectivity index (χ0) is 43.5. The van der Waals surface area contributed by atoms with Crippen LogP contribution in [-0.2, 0) is 41.8 Å². The molecule has 3 aromatic carbocycles. The molecule has 0 saturated heterocycles. The predicted octanol–water partition coefficient (Wildman–Crippen LogP) is 14.9. The molecule has 0 heterocycles. The van der Waals surface area contributed by atoms with Crippen molar-refractivity contribution >= 4 is 37.3 Å². The Morgan fingerprint density at radius 2 is 0.934 bits per heavy atom. The second-order valence-corrected chi connectivity index (χ2v) is 20.7. The molecule has 15 heteroatoms. The van der Waals surface area contributed by atoms with Crippen molar-refractivity contribution in [3.8, 4) is 0 Å². The average Bonchev–Trinajstić information content (AvgIpc) is 3.95. The summed E-state index contributed by atoms with van der Waals surface area (Å²) in [4.78, 5) is 0. The first-order chi connectivity index (χ1) is 28.2. The number of hydrogen-bond donors (Lipinski definition) is 0. The molecule has 2 fully saturated rings. The molecule has 2 radical (unpaired) electrons. The van der Waals surface area contributed by atoms with Crippen LogP contribution in [0.25, 0.3) is 5.57 Å². The van der Waals surface area contributed by atoms with Crippen LogP contribution in [0, 0.1) is 12.3 Å². The van der Waals surface area contributed by atoms with Gasteiger partial charge in [-0.25, -0.2) is 0 Å². The van der Waals surface area contributed by atoms with Crippen LogP contribution in [0.2, 0.25) is 0 Å². The molecule has 61 heavy (non-hydrogen) atoms. The number of benzene rings is 3. The number of hydrogen-bond acceptors (Lipinski definition) is 0. The molecular formula is C46H44F12FeP2. The zero-order valence-corrected chi connectivity index (χ0v) is 35.9. The Labute approximate surface area is 362 Å². The molecule has 0 N–H and O–H groups in total. The number of alkyl halides is 12. The second kappa shape index (κ2) is 20.3. The summed E-state index contributed by atoms with van der Waals surface area (Å²) in [5.74, 6) is 0.415. The molecule has 2 saturated carbocycles. The van der Waals surface area contributed by atoms with Crippen LogP contribution in [0.3, 0.4) is 0 Å². The first-order valence-electron chi connectivity index (χ1n) is 19.9. The quantitative estimate of drug-likeness (QED) is 0.120. The van der Waals surface area contributed by atoms with Gasteiger partial charge in [0.15, 0.2) is 0 Å². The van der Waals surface area contributed by atoms with E-state index < -0.39 is 79.1 Å². The van der Waals surface area contributed by atoms with Crippen molar-refractivity contribution in [2.75, 3.05) is 0 Å². The first-order valence-corrected chi connectivity index (χ1v) is 22.8. The summed E-state index contributed by atoms with van der Waals surface area (Å²) < 4.78 is 170. The van der Waals surface area contributed by atoms with Gasteiger partial charge in [0.05, 0.1) is 22.3 Å². The molecule has 0 amide bonds. The molecular weight excluding hydrogens is 898 g/mol. The Bertz CT molecular complexity index is 1900. The SMILES string of the molecule is C[C@H]([C]1C=CC=C1c1ccccc1P(C1CCCCC1)C1CCCCC1)P(c1cc(C(F)(F)F)cc(C(F)(F)F)c1)c1cc(C(F)(F)F)cc(C(F)(F)F)c1.[CH]1C=CC=C1.[Fe]. The van der Waals surface area contributed by atoms with Crippen LogP contribution >= 0.6 is 15.8 Å². The summed E-state index contributed by atoms with van der Waals surface area (Å²) in [5, 5.41) is -0.175. The van der Waals surface area contributed by atoms with Crippen molar-refractivity contribution in [3.63, 3.8) is 0 Å². The van der Waals surface area contributed by atoms with Crippen molar-refractivity contribution in [1.82, 2.24) is 0 Å². The molecule has 0 spiro atoms. The van der Waals surface area contributed by atoms with E-state index in [1.807, 2.05) is 48.9 Å². The summed E-state index contributed by atoms with van der Waals surface area (Å²) in [7, 11) is -3.48. The standard InChI is InChI=1S/C41H39F12P2.C5H5.Fe/c1-25(34-16-10-17-35(34)36-15-8-9-18-37(36)55(30-11-4-2-5-12-30)31-13-6-3-7-14-31)54(32-21-26(38(42,43)44)19-27(22-32)39(45,46)47)33-23-28(40(48,49)50)20-29(24-33)41(51,52)53;1-2-4-5-3-1;/h8-10,15-25,30-31H,2-7,11-14H2,1H3;1-5H;/t25-;;/m1../s1. The van der Waals surface area contributed by atoms with E-state index in [9.17, 15) is 52.7 Å². The fourth-order valence-electron chi connectivity index (χ4n) is 8.59. The molecule has 0 bridgehead atoms. The molecule has 0 nitrogen and oxygen atoms in total. The maximum absolute atomic E-state index is 14.2. The van der Waals surface area contributed by atoms with Gasteiger partial charge in [-0.3, -0.25) is 0 Å². The first kappa shape index (κ1) is 49.2. The van der Waals surface area contributed by atoms with Crippen LogP contribution in [0.4, 0.5) is 52.7 Å². The summed E-state index contributed by atoms with van der Waals surface area (Å²) >= 11 is 0. The van der Waals surface area contributed by atoms with E-state index in [-0.39, 0.29) is 29.2 Å². The molecule has 3 aromatic rings. The van der Waals surface area contributed by atoms with Gasteiger partial charge >= 0.3 is 24.7 Å². The molecule has 330 valence electrons. The molecule has 0 aromatic heterocycles. The summed E-state index contributed by atoms with van der Waals surface area (Å²) in [6, 6.07) is 9.28. The van der Waals surface area contributed by atoms with E-state index in [1.165, 1.54) is 6.92 Å². The average molecular weight is 943 g/mol. The third-order valence-electron chi connectivity index (χ3n) is 11.4. The molecule has 7 rings (SSSR count). The molecule has 1 atom stereocenters. The topological polar surface area (TPSA) is 0 Å². The fourth-order valence-corrected chi connectivity index (χ4v) is 15.4. The fraction of sp³-hybridized carbons (Fsp3) is 0.391.